The molecule has 2 aromatic carbocycles. The Labute approximate surface area is 227 Å². The molecule has 0 bridgehead atoms. The van der Waals surface area contributed by atoms with Crippen molar-refractivity contribution in [2.45, 2.75) is 65.2 Å². The van der Waals surface area contributed by atoms with Crippen LogP contribution in [0.3, 0.4) is 0 Å². The van der Waals surface area contributed by atoms with E-state index in [2.05, 4.69) is 45.9 Å². The Hall–Kier alpha value is -2.65. The summed E-state index contributed by atoms with van der Waals surface area (Å²) in [7, 11) is 0. The molecule has 0 aliphatic rings. The van der Waals surface area contributed by atoms with Crippen LogP contribution in [-0.2, 0) is 0 Å². The minimum absolute atomic E-state index is 0.0206. The van der Waals surface area contributed by atoms with E-state index in [-0.39, 0.29) is 11.0 Å². The molecule has 2 amide bonds. The molecule has 0 aliphatic heterocycles. The number of hydrazine groups is 1. The van der Waals surface area contributed by atoms with Crippen LogP contribution in [0.25, 0.3) is 0 Å². The first-order chi connectivity index (χ1) is 17.4. The van der Waals surface area contributed by atoms with Crippen LogP contribution in [0.1, 0.15) is 85.9 Å². The molecule has 0 fully saturated rings. The maximum absolute atomic E-state index is 12.5. The van der Waals surface area contributed by atoms with Gasteiger partial charge in [-0.2, -0.15) is 0 Å². The second-order valence-electron chi connectivity index (χ2n) is 8.35. The summed E-state index contributed by atoms with van der Waals surface area (Å²) >= 11 is 8.58. The van der Waals surface area contributed by atoms with Crippen molar-refractivity contribution in [1.82, 2.24) is 16.2 Å². The summed E-state index contributed by atoms with van der Waals surface area (Å²) in [5, 5.41) is 2.53. The van der Waals surface area contributed by atoms with Crippen LogP contribution >= 0.6 is 28.1 Å². The van der Waals surface area contributed by atoms with Gasteiger partial charge in [0.1, 0.15) is 11.5 Å². The van der Waals surface area contributed by atoms with E-state index in [0.29, 0.717) is 34.6 Å². The lowest BCUT2D eigenvalue weighted by Crippen LogP contribution is -2.48. The average Bonchev–Trinajstić information content (AvgIpc) is 2.88. The number of carbonyl (C=O) groups excluding carboxylic acids is 2. The normalized spacial score (nSPS) is 10.4. The highest BCUT2D eigenvalue weighted by Crippen LogP contribution is 2.26. The zero-order valence-corrected chi connectivity index (χ0v) is 23.4. The van der Waals surface area contributed by atoms with Gasteiger partial charge in [0, 0.05) is 11.1 Å². The number of halogens is 1. The Morgan fingerprint density at radius 3 is 2.00 bits per heavy atom. The summed E-state index contributed by atoms with van der Waals surface area (Å²) < 4.78 is 12.2. The van der Waals surface area contributed by atoms with Crippen molar-refractivity contribution in [1.29, 1.82) is 0 Å². The van der Waals surface area contributed by atoms with Crippen LogP contribution in [0, 0.1) is 0 Å². The minimum atomic E-state index is -0.405. The Balaban J connectivity index is 1.74. The third-order valence-electron chi connectivity index (χ3n) is 5.35. The molecule has 0 aliphatic carbocycles. The van der Waals surface area contributed by atoms with Crippen molar-refractivity contribution >= 4 is 45.1 Å². The minimum Gasteiger partial charge on any atom is -0.494 e. The van der Waals surface area contributed by atoms with Gasteiger partial charge < -0.3 is 9.47 Å². The number of hydrogen-bond donors (Lipinski definition) is 3. The van der Waals surface area contributed by atoms with Gasteiger partial charge in [0.15, 0.2) is 5.11 Å². The molecule has 36 heavy (non-hydrogen) atoms. The number of thiocarbonyl (C=S) groups is 1. The summed E-state index contributed by atoms with van der Waals surface area (Å²) in [6.45, 7) is 5.63. The molecule has 3 N–H and O–H groups in total. The Morgan fingerprint density at radius 1 is 0.778 bits per heavy atom. The third-order valence-corrected chi connectivity index (χ3v) is 6.17. The fourth-order valence-corrected chi connectivity index (χ4v) is 3.92. The lowest BCUT2D eigenvalue weighted by molar-refractivity contribution is 0.0934. The summed E-state index contributed by atoms with van der Waals surface area (Å²) in [5.41, 5.74) is 5.88. The molecule has 2 rings (SSSR count). The lowest BCUT2D eigenvalue weighted by atomic mass is 10.2. The van der Waals surface area contributed by atoms with E-state index in [1.165, 1.54) is 25.7 Å². The first-order valence-electron chi connectivity index (χ1n) is 12.5. The van der Waals surface area contributed by atoms with E-state index in [4.69, 9.17) is 21.7 Å². The number of nitrogens with one attached hydrogen (secondary N) is 3. The molecule has 2 aromatic rings. The van der Waals surface area contributed by atoms with Crippen LogP contribution in [0.2, 0.25) is 0 Å². The largest absolute Gasteiger partial charge is 0.494 e. The van der Waals surface area contributed by atoms with Crippen LogP contribution in [0.5, 0.6) is 11.5 Å². The van der Waals surface area contributed by atoms with E-state index >= 15 is 0 Å². The fourth-order valence-electron chi connectivity index (χ4n) is 3.28. The number of carbonyl (C=O) groups is 2. The number of amides is 2. The van der Waals surface area contributed by atoms with Crippen LogP contribution in [-0.4, -0.2) is 30.1 Å². The molecule has 0 spiro atoms. The van der Waals surface area contributed by atoms with Gasteiger partial charge in [-0.1, -0.05) is 52.4 Å². The monoisotopic (exact) mass is 577 g/mol. The van der Waals surface area contributed by atoms with Gasteiger partial charge in [-0.3, -0.25) is 25.8 Å². The molecule has 0 heterocycles. The van der Waals surface area contributed by atoms with Crippen molar-refractivity contribution in [3.05, 3.63) is 58.1 Å². The Kier molecular flexibility index (Phi) is 13.9. The van der Waals surface area contributed by atoms with Crippen LogP contribution in [0.4, 0.5) is 0 Å². The standard InChI is InChI=1S/C27H36BrN3O4S/c1-3-5-7-9-17-34-22-14-11-20(12-15-22)26(33)30-31-27(36)29-25(32)21-13-16-24(23(28)19-21)35-18-10-8-6-4-2/h11-16,19H,3-10,17-18H2,1-2H3,(H,30,33)(H2,29,31,32,36). The quantitative estimate of drug-likeness (QED) is 0.138. The van der Waals surface area contributed by atoms with Crippen molar-refractivity contribution < 1.29 is 19.1 Å². The molecule has 0 radical (unpaired) electrons. The zero-order chi connectivity index (χ0) is 26.2. The predicted molar refractivity (Wildman–Crippen MR) is 151 cm³/mol. The molecule has 0 atom stereocenters. The van der Waals surface area contributed by atoms with Gasteiger partial charge in [0.05, 0.1) is 17.7 Å². The zero-order valence-electron chi connectivity index (χ0n) is 21.0. The molecule has 0 saturated heterocycles. The molecule has 0 aromatic heterocycles. The molecule has 0 saturated carbocycles. The van der Waals surface area contributed by atoms with Crippen molar-refractivity contribution in [2.24, 2.45) is 0 Å². The van der Waals surface area contributed by atoms with Gasteiger partial charge in [-0.25, -0.2) is 0 Å². The highest BCUT2D eigenvalue weighted by atomic mass is 79.9. The van der Waals surface area contributed by atoms with E-state index in [0.717, 1.165) is 31.4 Å². The number of hydrogen-bond acceptors (Lipinski definition) is 5. The highest BCUT2D eigenvalue weighted by molar-refractivity contribution is 9.10. The van der Waals surface area contributed by atoms with Crippen molar-refractivity contribution in [3.8, 4) is 11.5 Å². The molecule has 196 valence electrons. The van der Waals surface area contributed by atoms with Crippen molar-refractivity contribution in [2.75, 3.05) is 13.2 Å². The molecule has 7 nitrogen and oxygen atoms in total. The number of rotatable bonds is 14. The maximum Gasteiger partial charge on any atom is 0.269 e. The van der Waals surface area contributed by atoms with E-state index < -0.39 is 5.91 Å². The van der Waals surface area contributed by atoms with Gasteiger partial charge in [-0.05, 0) is 83.5 Å². The molecular weight excluding hydrogens is 542 g/mol. The number of ether oxygens (including phenoxy) is 2. The molecule has 9 heteroatoms. The Morgan fingerprint density at radius 2 is 1.39 bits per heavy atom. The van der Waals surface area contributed by atoms with E-state index in [9.17, 15) is 9.59 Å². The molecular formula is C27H36BrN3O4S. The van der Waals surface area contributed by atoms with Gasteiger partial charge in [-0.15, -0.1) is 0 Å². The molecule has 0 unspecified atom stereocenters. The Bertz CT molecular complexity index is 985. The van der Waals surface area contributed by atoms with E-state index in [1.54, 1.807) is 42.5 Å². The van der Waals surface area contributed by atoms with Gasteiger partial charge >= 0.3 is 0 Å². The number of unbranched alkanes of at least 4 members (excludes halogenated alkanes) is 6. The topological polar surface area (TPSA) is 88.7 Å². The van der Waals surface area contributed by atoms with Crippen molar-refractivity contribution in [3.63, 3.8) is 0 Å². The summed E-state index contributed by atoms with van der Waals surface area (Å²) in [6, 6.07) is 11.9. The SMILES string of the molecule is CCCCCCOc1ccc(C(=O)NNC(=S)NC(=O)c2ccc(OCCCCCC)c(Br)c2)cc1. The maximum atomic E-state index is 12.5. The first kappa shape index (κ1) is 29.6. The van der Waals surface area contributed by atoms with Gasteiger partial charge in [0.2, 0.25) is 0 Å². The third kappa shape index (κ3) is 11.0. The summed E-state index contributed by atoms with van der Waals surface area (Å²) in [6.07, 6.45) is 9.04. The second kappa shape index (κ2) is 16.9. The summed E-state index contributed by atoms with van der Waals surface area (Å²) in [5.74, 6) is 0.614. The highest BCUT2D eigenvalue weighted by Gasteiger charge is 2.12. The predicted octanol–water partition coefficient (Wildman–Crippen LogP) is 6.32. The summed E-state index contributed by atoms with van der Waals surface area (Å²) in [4.78, 5) is 24.9. The van der Waals surface area contributed by atoms with Crippen LogP contribution in [0.15, 0.2) is 46.9 Å². The number of benzene rings is 2. The van der Waals surface area contributed by atoms with Gasteiger partial charge in [0.25, 0.3) is 11.8 Å². The van der Waals surface area contributed by atoms with E-state index in [1.807, 2.05) is 0 Å². The lowest BCUT2D eigenvalue weighted by Gasteiger charge is -2.12. The van der Waals surface area contributed by atoms with Crippen LogP contribution < -0.4 is 25.6 Å². The first-order valence-corrected chi connectivity index (χ1v) is 13.7. The smallest absolute Gasteiger partial charge is 0.269 e. The second-order valence-corrected chi connectivity index (χ2v) is 9.61. The average molecular weight is 579 g/mol. The fraction of sp³-hybridized carbons (Fsp3) is 0.444.